The SMILES string of the molecule is Cc1cc(Nc2cc(C(F)F)ccn2)nc(-c2ccc([C@](C)(O)[C@H]3CC[C@H](C(=O)OCOC(=O)c4cccnc4)CC3)nc2)c1. The Morgan fingerprint density at radius 1 is 1.00 bits per heavy atom. The van der Waals surface area contributed by atoms with Crippen LogP contribution in [0.25, 0.3) is 11.3 Å². The van der Waals surface area contributed by atoms with Crippen molar-refractivity contribution in [2.45, 2.75) is 51.6 Å². The highest BCUT2D eigenvalue weighted by molar-refractivity contribution is 5.88. The fraction of sp³-hybridized carbons (Fsp3) is 0.333. The molecule has 4 aromatic heterocycles. The van der Waals surface area contributed by atoms with Gasteiger partial charge < -0.3 is 19.9 Å². The molecule has 2 N–H and O–H groups in total. The van der Waals surface area contributed by atoms with E-state index in [2.05, 4.69) is 25.3 Å². The van der Waals surface area contributed by atoms with Gasteiger partial charge in [-0.3, -0.25) is 14.8 Å². The number of rotatable bonds is 10. The van der Waals surface area contributed by atoms with E-state index in [1.54, 1.807) is 37.4 Å². The van der Waals surface area contributed by atoms with Gasteiger partial charge in [0.1, 0.15) is 17.2 Å². The van der Waals surface area contributed by atoms with Crippen LogP contribution >= 0.6 is 0 Å². The Morgan fingerprint density at radius 2 is 1.80 bits per heavy atom. The summed E-state index contributed by atoms with van der Waals surface area (Å²) in [5.74, 6) is -0.845. The minimum Gasteiger partial charge on any atom is -0.428 e. The molecule has 4 heterocycles. The summed E-state index contributed by atoms with van der Waals surface area (Å²) in [6.07, 6.45) is 5.47. The molecule has 0 spiro atoms. The van der Waals surface area contributed by atoms with E-state index in [9.17, 15) is 23.5 Å². The molecule has 1 fully saturated rings. The van der Waals surface area contributed by atoms with Gasteiger partial charge in [-0.05, 0) is 99.5 Å². The number of aryl methyl sites for hydroxylation is 1. The molecule has 12 heteroatoms. The number of hydrogen-bond donors (Lipinski definition) is 2. The average Bonchev–Trinajstić information content (AvgIpc) is 3.05. The number of ether oxygens (including phenoxy) is 2. The molecule has 0 amide bonds. The summed E-state index contributed by atoms with van der Waals surface area (Å²) < 4.78 is 36.4. The molecule has 10 nitrogen and oxygen atoms in total. The molecule has 0 bridgehead atoms. The number of aromatic nitrogens is 4. The molecule has 5 rings (SSSR count). The zero-order chi connectivity index (χ0) is 32.0. The second-order valence-corrected chi connectivity index (χ2v) is 11.2. The second-order valence-electron chi connectivity index (χ2n) is 11.2. The molecule has 1 atom stereocenters. The predicted octanol–water partition coefficient (Wildman–Crippen LogP) is 6.29. The van der Waals surface area contributed by atoms with Crippen LogP contribution in [0, 0.1) is 18.8 Å². The molecular weight excluding hydrogens is 584 g/mol. The predicted molar refractivity (Wildman–Crippen MR) is 160 cm³/mol. The van der Waals surface area contributed by atoms with Gasteiger partial charge in [0.15, 0.2) is 0 Å². The zero-order valence-electron chi connectivity index (χ0n) is 24.8. The number of carbonyl (C=O) groups excluding carboxylic acids is 2. The molecule has 45 heavy (non-hydrogen) atoms. The van der Waals surface area contributed by atoms with Crippen LogP contribution in [-0.2, 0) is 19.9 Å². The molecule has 0 aromatic carbocycles. The van der Waals surface area contributed by atoms with Crippen molar-refractivity contribution in [1.29, 1.82) is 0 Å². The fourth-order valence-corrected chi connectivity index (χ4v) is 5.43. The van der Waals surface area contributed by atoms with Gasteiger partial charge in [-0.25, -0.2) is 23.5 Å². The third kappa shape index (κ3) is 7.82. The van der Waals surface area contributed by atoms with E-state index in [4.69, 9.17) is 9.47 Å². The van der Waals surface area contributed by atoms with E-state index in [-0.39, 0.29) is 28.8 Å². The summed E-state index contributed by atoms with van der Waals surface area (Å²) in [6.45, 7) is 3.15. The molecule has 0 unspecified atom stereocenters. The van der Waals surface area contributed by atoms with Crippen molar-refractivity contribution in [2.24, 2.45) is 11.8 Å². The van der Waals surface area contributed by atoms with Crippen molar-refractivity contribution in [3.63, 3.8) is 0 Å². The molecule has 0 radical (unpaired) electrons. The van der Waals surface area contributed by atoms with Gasteiger partial charge in [0, 0.05) is 35.9 Å². The molecule has 1 saturated carbocycles. The first-order chi connectivity index (χ1) is 21.6. The van der Waals surface area contributed by atoms with E-state index in [0.29, 0.717) is 48.5 Å². The zero-order valence-corrected chi connectivity index (χ0v) is 24.8. The van der Waals surface area contributed by atoms with E-state index < -0.39 is 30.8 Å². The summed E-state index contributed by atoms with van der Waals surface area (Å²) >= 11 is 0. The molecule has 4 aromatic rings. The van der Waals surface area contributed by atoms with Crippen LogP contribution in [0.4, 0.5) is 20.4 Å². The molecule has 0 saturated heterocycles. The smallest absolute Gasteiger partial charge is 0.342 e. The highest BCUT2D eigenvalue weighted by Gasteiger charge is 2.39. The maximum Gasteiger partial charge on any atom is 0.342 e. The van der Waals surface area contributed by atoms with Crippen LogP contribution in [0.1, 0.15) is 66.2 Å². The minimum atomic E-state index is -2.61. The monoisotopic (exact) mass is 617 g/mol. The van der Waals surface area contributed by atoms with Crippen LogP contribution < -0.4 is 5.32 Å². The topological polar surface area (TPSA) is 136 Å². The first-order valence-corrected chi connectivity index (χ1v) is 14.5. The van der Waals surface area contributed by atoms with Gasteiger partial charge in [0.2, 0.25) is 6.79 Å². The van der Waals surface area contributed by atoms with E-state index >= 15 is 0 Å². The van der Waals surface area contributed by atoms with Crippen molar-refractivity contribution in [3.8, 4) is 11.3 Å². The number of aliphatic hydroxyl groups is 1. The van der Waals surface area contributed by atoms with E-state index in [0.717, 1.165) is 5.56 Å². The Kier molecular flexibility index (Phi) is 9.72. The second kappa shape index (κ2) is 13.9. The highest BCUT2D eigenvalue weighted by Crippen LogP contribution is 2.41. The lowest BCUT2D eigenvalue weighted by Gasteiger charge is -2.37. The third-order valence-electron chi connectivity index (χ3n) is 7.98. The van der Waals surface area contributed by atoms with Crippen LogP contribution in [0.3, 0.4) is 0 Å². The normalized spacial score (nSPS) is 17.7. The molecule has 0 aliphatic heterocycles. The Balaban J connectivity index is 1.16. The van der Waals surface area contributed by atoms with Crippen LogP contribution in [0.15, 0.2) is 73.3 Å². The number of pyridine rings is 4. The number of halogens is 2. The lowest BCUT2D eigenvalue weighted by Crippen LogP contribution is -2.37. The number of nitrogens with one attached hydrogen (secondary N) is 1. The van der Waals surface area contributed by atoms with Crippen molar-refractivity contribution in [1.82, 2.24) is 19.9 Å². The quantitative estimate of drug-likeness (QED) is 0.154. The number of alkyl halides is 2. The molecule has 1 aliphatic carbocycles. The third-order valence-corrected chi connectivity index (χ3v) is 7.98. The van der Waals surface area contributed by atoms with Crippen LogP contribution in [0.2, 0.25) is 0 Å². The largest absolute Gasteiger partial charge is 0.428 e. The van der Waals surface area contributed by atoms with Gasteiger partial charge in [0.25, 0.3) is 6.43 Å². The van der Waals surface area contributed by atoms with Crippen molar-refractivity contribution >= 4 is 23.6 Å². The summed E-state index contributed by atoms with van der Waals surface area (Å²) in [4.78, 5) is 41.7. The highest BCUT2D eigenvalue weighted by atomic mass is 19.3. The summed E-state index contributed by atoms with van der Waals surface area (Å²) in [5, 5.41) is 14.5. The van der Waals surface area contributed by atoms with Crippen LogP contribution in [-0.4, -0.2) is 43.8 Å². The summed E-state index contributed by atoms with van der Waals surface area (Å²) in [6, 6.07) is 13.0. The number of anilines is 2. The average molecular weight is 618 g/mol. The summed E-state index contributed by atoms with van der Waals surface area (Å²) in [5.41, 5.74) is 1.62. The van der Waals surface area contributed by atoms with Crippen molar-refractivity contribution < 1.29 is 33.0 Å². The standard InChI is InChI=1S/C33H33F2N5O5/c1-20-14-26(39-29(15-20)40-28-16-22(30(34)35)11-13-37-28)23-7-10-27(38-18-23)33(2,43)25-8-5-21(6-9-25)31(41)44-19-45-32(42)24-4-3-12-36-17-24/h3-4,7,10-18,21,25,30,43H,5-6,8-9,19H2,1-2H3,(H,37,39,40)/t21-,25-,33-/m1/s1. The Labute approximate surface area is 258 Å². The molecule has 1 aliphatic rings. The van der Waals surface area contributed by atoms with Gasteiger partial charge >= 0.3 is 11.9 Å². The van der Waals surface area contributed by atoms with E-state index in [1.165, 1.54) is 30.7 Å². The van der Waals surface area contributed by atoms with E-state index in [1.807, 2.05) is 19.1 Å². The number of esters is 2. The Hall–Kier alpha value is -4.84. The van der Waals surface area contributed by atoms with Gasteiger partial charge in [0.05, 0.1) is 22.9 Å². The van der Waals surface area contributed by atoms with Gasteiger partial charge in [-0.2, -0.15) is 0 Å². The fourth-order valence-electron chi connectivity index (χ4n) is 5.43. The van der Waals surface area contributed by atoms with Crippen molar-refractivity contribution in [3.05, 3.63) is 95.7 Å². The molecular formula is C33H33F2N5O5. The first-order valence-electron chi connectivity index (χ1n) is 14.5. The van der Waals surface area contributed by atoms with Gasteiger partial charge in [-0.15, -0.1) is 0 Å². The number of carbonyl (C=O) groups is 2. The maximum absolute atomic E-state index is 13.1. The Bertz CT molecular complexity index is 1630. The van der Waals surface area contributed by atoms with Crippen LogP contribution in [0.5, 0.6) is 0 Å². The first kappa shape index (κ1) is 31.6. The Morgan fingerprint density at radius 3 is 2.49 bits per heavy atom. The lowest BCUT2D eigenvalue weighted by molar-refractivity contribution is -0.159. The lowest BCUT2D eigenvalue weighted by atomic mass is 9.73. The minimum absolute atomic E-state index is 0.132. The maximum atomic E-state index is 13.1. The number of hydrogen-bond acceptors (Lipinski definition) is 10. The summed E-state index contributed by atoms with van der Waals surface area (Å²) in [7, 11) is 0. The van der Waals surface area contributed by atoms with Crippen molar-refractivity contribution in [2.75, 3.05) is 12.1 Å². The molecule has 234 valence electrons. The van der Waals surface area contributed by atoms with Gasteiger partial charge in [-0.1, -0.05) is 0 Å². The number of nitrogens with zero attached hydrogens (tertiary/aromatic N) is 4.